The van der Waals surface area contributed by atoms with Crippen LogP contribution in [-0.2, 0) is 12.6 Å². The maximum Gasteiger partial charge on any atom is -0.0723 e. The zero-order chi connectivity index (χ0) is 4.41. The standard InChI is InChI=1S/C4H4S2/c5-4-2-1-3-6-4/h1-3,5H/p-1. The van der Waals surface area contributed by atoms with Crippen LogP contribution in [0, 0.1) is 0 Å². The van der Waals surface area contributed by atoms with Crippen molar-refractivity contribution in [2.24, 2.45) is 0 Å². The van der Waals surface area contributed by atoms with Gasteiger partial charge in [0.05, 0.1) is 0 Å². The van der Waals surface area contributed by atoms with E-state index in [9.17, 15) is 0 Å². The molecule has 0 aliphatic rings. The van der Waals surface area contributed by atoms with Gasteiger partial charge in [0.25, 0.3) is 0 Å². The van der Waals surface area contributed by atoms with E-state index in [1.165, 1.54) is 0 Å². The number of rotatable bonds is 0. The third-order valence-electron chi connectivity index (χ3n) is 0.495. The van der Waals surface area contributed by atoms with Crippen molar-refractivity contribution in [2.75, 3.05) is 0 Å². The fourth-order valence-electron chi connectivity index (χ4n) is 0.263. The van der Waals surface area contributed by atoms with Crippen LogP contribution < -0.4 is 0 Å². The molecule has 32 valence electrons. The molecule has 0 nitrogen and oxygen atoms in total. The van der Waals surface area contributed by atoms with Crippen LogP contribution in [0.25, 0.3) is 0 Å². The monoisotopic (exact) mass is 115 g/mol. The summed E-state index contributed by atoms with van der Waals surface area (Å²) in [4.78, 5) is 0. The van der Waals surface area contributed by atoms with E-state index in [1.807, 2.05) is 17.5 Å². The maximum atomic E-state index is 4.76. The van der Waals surface area contributed by atoms with Crippen LogP contribution in [0.2, 0.25) is 0 Å². The predicted molar refractivity (Wildman–Crippen MR) is 29.9 cm³/mol. The van der Waals surface area contributed by atoms with E-state index >= 15 is 0 Å². The molecule has 0 N–H and O–H groups in total. The third kappa shape index (κ3) is 0.698. The molecule has 0 unspecified atom stereocenters. The van der Waals surface area contributed by atoms with Gasteiger partial charge in [-0.05, 0) is 0 Å². The Morgan fingerprint density at radius 2 is 2.50 bits per heavy atom. The molecule has 0 bridgehead atoms. The van der Waals surface area contributed by atoms with Gasteiger partial charge in [0.2, 0.25) is 0 Å². The Balaban J connectivity index is 3.05. The average molecular weight is 115 g/mol. The van der Waals surface area contributed by atoms with Crippen molar-refractivity contribution >= 4 is 24.0 Å². The summed E-state index contributed by atoms with van der Waals surface area (Å²) >= 11 is 6.36. The molecule has 0 saturated carbocycles. The second-order valence-electron chi connectivity index (χ2n) is 0.932. The highest BCUT2D eigenvalue weighted by atomic mass is 32.2. The van der Waals surface area contributed by atoms with Gasteiger partial charge in [-0.15, -0.1) is 9.59 Å². The van der Waals surface area contributed by atoms with Crippen LogP contribution in [0.3, 0.4) is 0 Å². The Morgan fingerprint density at radius 3 is 2.67 bits per heavy atom. The first-order valence-corrected chi connectivity index (χ1v) is 2.89. The molecular formula is C4H3S2-. The minimum absolute atomic E-state index is 0.968. The molecule has 0 aliphatic carbocycles. The van der Waals surface area contributed by atoms with E-state index in [2.05, 4.69) is 0 Å². The number of hydrogen-bond acceptors (Lipinski definition) is 2. The zero-order valence-corrected chi connectivity index (χ0v) is 4.68. The quantitative estimate of drug-likeness (QED) is 0.463. The van der Waals surface area contributed by atoms with Crippen LogP contribution >= 0.6 is 11.3 Å². The summed E-state index contributed by atoms with van der Waals surface area (Å²) in [6.45, 7) is 0. The van der Waals surface area contributed by atoms with Gasteiger partial charge in [0.15, 0.2) is 0 Å². The van der Waals surface area contributed by atoms with E-state index in [4.69, 9.17) is 12.6 Å². The molecule has 1 rings (SSSR count). The summed E-state index contributed by atoms with van der Waals surface area (Å²) in [5, 5.41) is 1.97. The second-order valence-corrected chi connectivity index (χ2v) is 2.58. The third-order valence-corrected chi connectivity index (χ3v) is 1.58. The van der Waals surface area contributed by atoms with Crippen molar-refractivity contribution in [3.8, 4) is 0 Å². The van der Waals surface area contributed by atoms with Gasteiger partial charge in [-0.2, -0.15) is 0 Å². The van der Waals surface area contributed by atoms with Gasteiger partial charge in [-0.25, -0.2) is 0 Å². The fraction of sp³-hybridized carbons (Fsp3) is 0. The highest BCUT2D eigenvalue weighted by Gasteiger charge is 1.62. The number of thiophene rings is 1. The molecule has 0 aromatic carbocycles. The normalized spacial score (nSPS) is 8.67. The fourth-order valence-corrected chi connectivity index (χ4v) is 0.957. The predicted octanol–water partition coefficient (Wildman–Crippen LogP) is 1.65. The molecule has 0 amide bonds. The molecule has 0 radical (unpaired) electrons. The summed E-state index contributed by atoms with van der Waals surface area (Å²) in [5.74, 6) is 0. The van der Waals surface area contributed by atoms with Gasteiger partial charge in [-0.1, -0.05) is 12.1 Å². The molecule has 1 aromatic heterocycles. The molecule has 1 aromatic rings. The summed E-state index contributed by atoms with van der Waals surface area (Å²) < 4.78 is 0.968. The van der Waals surface area contributed by atoms with Gasteiger partial charge in [-0.3, -0.25) is 0 Å². The molecule has 1 heterocycles. The first-order valence-electron chi connectivity index (χ1n) is 1.60. The van der Waals surface area contributed by atoms with Crippen LogP contribution in [0.1, 0.15) is 0 Å². The van der Waals surface area contributed by atoms with Gasteiger partial charge < -0.3 is 24.0 Å². The largest absolute Gasteiger partial charge is 0.428 e. The van der Waals surface area contributed by atoms with E-state index in [0.717, 1.165) is 4.21 Å². The summed E-state index contributed by atoms with van der Waals surface area (Å²) in [6, 6.07) is 3.87. The maximum absolute atomic E-state index is 4.76. The molecule has 2 heteroatoms. The van der Waals surface area contributed by atoms with Crippen molar-refractivity contribution < 1.29 is 0 Å². The molecule has 0 fully saturated rings. The molecule has 0 aliphatic heterocycles. The Kier molecular flexibility index (Phi) is 1.08. The Labute approximate surface area is 46.2 Å². The van der Waals surface area contributed by atoms with Crippen LogP contribution in [0.5, 0.6) is 0 Å². The first-order chi connectivity index (χ1) is 2.89. The van der Waals surface area contributed by atoms with Gasteiger partial charge in [0, 0.05) is 0 Å². The SMILES string of the molecule is [S-]c1cccs1. The van der Waals surface area contributed by atoms with Crippen LogP contribution in [-0.4, -0.2) is 0 Å². The second kappa shape index (κ2) is 1.58. The van der Waals surface area contributed by atoms with Gasteiger partial charge >= 0.3 is 0 Å². The van der Waals surface area contributed by atoms with Crippen LogP contribution in [0.4, 0.5) is 0 Å². The molecular weight excluding hydrogens is 112 g/mol. The Hall–Kier alpha value is -0.0800. The lowest BCUT2D eigenvalue weighted by Gasteiger charge is -1.84. The molecule has 0 atom stereocenters. The minimum atomic E-state index is 0.968. The summed E-state index contributed by atoms with van der Waals surface area (Å²) in [6.07, 6.45) is 0. The smallest absolute Gasteiger partial charge is 0.0723 e. The highest BCUT2D eigenvalue weighted by molar-refractivity contribution is 7.62. The lowest BCUT2D eigenvalue weighted by molar-refractivity contribution is 1.76. The van der Waals surface area contributed by atoms with Crippen molar-refractivity contribution in [3.05, 3.63) is 17.5 Å². The number of hydrogen-bond donors (Lipinski definition) is 0. The van der Waals surface area contributed by atoms with E-state index in [-0.39, 0.29) is 0 Å². The summed E-state index contributed by atoms with van der Waals surface area (Å²) in [7, 11) is 0. The molecule has 0 spiro atoms. The van der Waals surface area contributed by atoms with Crippen molar-refractivity contribution in [1.29, 1.82) is 0 Å². The highest BCUT2D eigenvalue weighted by Crippen LogP contribution is 2.04. The Bertz CT molecular complexity index is 109. The lowest BCUT2D eigenvalue weighted by atomic mass is 10.7. The summed E-state index contributed by atoms with van der Waals surface area (Å²) in [5.41, 5.74) is 0. The first kappa shape index (κ1) is 4.09. The average Bonchev–Trinajstić information content (AvgIpc) is 1.86. The zero-order valence-electron chi connectivity index (χ0n) is 3.05. The van der Waals surface area contributed by atoms with Crippen molar-refractivity contribution in [2.45, 2.75) is 4.21 Å². The molecule has 0 saturated heterocycles. The van der Waals surface area contributed by atoms with Crippen LogP contribution in [0.15, 0.2) is 21.7 Å². The lowest BCUT2D eigenvalue weighted by Crippen LogP contribution is -1.42. The van der Waals surface area contributed by atoms with Crippen molar-refractivity contribution in [3.63, 3.8) is 0 Å². The van der Waals surface area contributed by atoms with E-state index in [0.29, 0.717) is 0 Å². The molecule has 6 heavy (non-hydrogen) atoms. The van der Waals surface area contributed by atoms with E-state index in [1.54, 1.807) is 11.3 Å². The topological polar surface area (TPSA) is 0 Å². The Morgan fingerprint density at radius 1 is 1.67 bits per heavy atom. The van der Waals surface area contributed by atoms with Crippen molar-refractivity contribution in [1.82, 2.24) is 0 Å². The minimum Gasteiger partial charge on any atom is -0.428 e. The van der Waals surface area contributed by atoms with Gasteiger partial charge in [0.1, 0.15) is 0 Å². The van der Waals surface area contributed by atoms with E-state index < -0.39 is 0 Å².